The van der Waals surface area contributed by atoms with Gasteiger partial charge in [-0.15, -0.1) is 0 Å². The van der Waals surface area contributed by atoms with E-state index in [-0.39, 0.29) is 11.8 Å². The van der Waals surface area contributed by atoms with Crippen LogP contribution in [0.2, 0.25) is 0 Å². The van der Waals surface area contributed by atoms with Crippen molar-refractivity contribution >= 4 is 9.84 Å². The van der Waals surface area contributed by atoms with Crippen molar-refractivity contribution in [2.45, 2.75) is 37.1 Å². The SMILES string of the molecule is CCCNC1CCCS(=O)(=O)c2cc3c(cc21)OCCO3. The minimum atomic E-state index is -3.25. The van der Waals surface area contributed by atoms with Crippen molar-refractivity contribution in [1.82, 2.24) is 5.32 Å². The lowest BCUT2D eigenvalue weighted by Crippen LogP contribution is -2.23. The number of fused-ring (bicyclic) bond motifs is 2. The van der Waals surface area contributed by atoms with Crippen molar-refractivity contribution < 1.29 is 17.9 Å². The molecule has 1 atom stereocenters. The largest absolute Gasteiger partial charge is 0.486 e. The Morgan fingerprint density at radius 3 is 2.67 bits per heavy atom. The Balaban J connectivity index is 2.09. The summed E-state index contributed by atoms with van der Waals surface area (Å²) in [7, 11) is -3.25. The lowest BCUT2D eigenvalue weighted by atomic mass is 10.0. The van der Waals surface area contributed by atoms with Gasteiger partial charge in [0, 0.05) is 12.1 Å². The van der Waals surface area contributed by atoms with Gasteiger partial charge in [0.1, 0.15) is 13.2 Å². The van der Waals surface area contributed by atoms with Crippen LogP contribution in [0.25, 0.3) is 0 Å². The fraction of sp³-hybridized carbons (Fsp3) is 0.600. The van der Waals surface area contributed by atoms with E-state index in [1.807, 2.05) is 6.07 Å². The molecule has 6 heteroatoms. The topological polar surface area (TPSA) is 64.6 Å². The smallest absolute Gasteiger partial charge is 0.178 e. The first-order valence-corrected chi connectivity index (χ1v) is 9.16. The summed E-state index contributed by atoms with van der Waals surface area (Å²) in [5, 5.41) is 3.45. The van der Waals surface area contributed by atoms with Gasteiger partial charge in [0.05, 0.1) is 10.6 Å². The highest BCUT2D eigenvalue weighted by Gasteiger charge is 2.30. The molecule has 1 N–H and O–H groups in total. The third-order valence-corrected chi connectivity index (χ3v) is 5.78. The second-order valence-electron chi connectivity index (χ2n) is 5.50. The molecule has 2 aliphatic heterocycles. The van der Waals surface area contributed by atoms with Crippen molar-refractivity contribution in [3.63, 3.8) is 0 Å². The number of rotatable bonds is 3. The second-order valence-corrected chi connectivity index (χ2v) is 7.58. The molecule has 1 unspecified atom stereocenters. The van der Waals surface area contributed by atoms with Crippen LogP contribution in [-0.2, 0) is 9.84 Å². The van der Waals surface area contributed by atoms with Crippen LogP contribution in [0, 0.1) is 0 Å². The number of hydrogen-bond donors (Lipinski definition) is 1. The first-order chi connectivity index (χ1) is 10.1. The highest BCUT2D eigenvalue weighted by molar-refractivity contribution is 7.91. The highest BCUT2D eigenvalue weighted by Crippen LogP contribution is 2.40. The zero-order chi connectivity index (χ0) is 14.9. The molecular weight excluding hydrogens is 290 g/mol. The fourth-order valence-electron chi connectivity index (χ4n) is 2.90. The molecule has 3 rings (SSSR count). The van der Waals surface area contributed by atoms with Crippen molar-refractivity contribution in [3.05, 3.63) is 17.7 Å². The average Bonchev–Trinajstić information content (AvgIpc) is 2.60. The third-order valence-electron chi connectivity index (χ3n) is 3.93. The minimum absolute atomic E-state index is 0.0630. The van der Waals surface area contributed by atoms with Gasteiger partial charge >= 0.3 is 0 Å². The van der Waals surface area contributed by atoms with Crippen molar-refractivity contribution in [1.29, 1.82) is 0 Å². The molecule has 0 saturated heterocycles. The van der Waals surface area contributed by atoms with Crippen LogP contribution >= 0.6 is 0 Å². The zero-order valence-corrected chi connectivity index (χ0v) is 13.0. The van der Waals surface area contributed by atoms with Crippen molar-refractivity contribution in [2.75, 3.05) is 25.5 Å². The molecule has 0 aromatic heterocycles. The fourth-order valence-corrected chi connectivity index (χ4v) is 4.51. The Labute approximate surface area is 125 Å². The molecule has 116 valence electrons. The number of hydrogen-bond acceptors (Lipinski definition) is 5. The zero-order valence-electron chi connectivity index (χ0n) is 12.2. The molecule has 0 radical (unpaired) electrons. The monoisotopic (exact) mass is 311 g/mol. The Bertz CT molecular complexity index is 627. The summed E-state index contributed by atoms with van der Waals surface area (Å²) in [6.45, 7) is 3.94. The van der Waals surface area contributed by atoms with Crippen LogP contribution in [-0.4, -0.2) is 33.9 Å². The molecule has 0 spiro atoms. The Morgan fingerprint density at radius 1 is 1.24 bits per heavy atom. The molecule has 0 fully saturated rings. The maximum atomic E-state index is 12.5. The lowest BCUT2D eigenvalue weighted by molar-refractivity contribution is 0.170. The van der Waals surface area contributed by atoms with Crippen LogP contribution in [0.1, 0.15) is 37.8 Å². The summed E-state index contributed by atoms with van der Waals surface area (Å²) in [5.74, 6) is 1.39. The quantitative estimate of drug-likeness (QED) is 0.926. The predicted octanol–water partition coefficient (Wildman–Crippen LogP) is 2.07. The minimum Gasteiger partial charge on any atom is -0.486 e. The summed E-state index contributed by atoms with van der Waals surface area (Å²) in [6.07, 6.45) is 2.51. The second kappa shape index (κ2) is 5.85. The first-order valence-electron chi connectivity index (χ1n) is 7.51. The molecule has 0 amide bonds. The van der Waals surface area contributed by atoms with E-state index >= 15 is 0 Å². The maximum Gasteiger partial charge on any atom is 0.178 e. The van der Waals surface area contributed by atoms with E-state index in [0.717, 1.165) is 24.9 Å². The van der Waals surface area contributed by atoms with Gasteiger partial charge in [-0.1, -0.05) is 6.92 Å². The molecule has 1 aromatic rings. The van der Waals surface area contributed by atoms with E-state index < -0.39 is 9.84 Å². The number of benzene rings is 1. The number of nitrogens with one attached hydrogen (secondary N) is 1. The van der Waals surface area contributed by atoms with Gasteiger partial charge in [0.15, 0.2) is 21.3 Å². The molecular formula is C15H21NO4S. The molecule has 0 saturated carbocycles. The van der Waals surface area contributed by atoms with E-state index in [1.165, 1.54) is 0 Å². The summed E-state index contributed by atoms with van der Waals surface area (Å²) in [5.41, 5.74) is 0.824. The molecule has 0 bridgehead atoms. The maximum absolute atomic E-state index is 12.5. The van der Waals surface area contributed by atoms with Crippen LogP contribution in [0.3, 0.4) is 0 Å². The molecule has 5 nitrogen and oxygen atoms in total. The molecule has 1 aromatic carbocycles. The van der Waals surface area contributed by atoms with Gasteiger partial charge in [-0.2, -0.15) is 0 Å². The normalized spacial score (nSPS) is 23.2. The number of ether oxygens (including phenoxy) is 2. The predicted molar refractivity (Wildman–Crippen MR) is 79.8 cm³/mol. The molecule has 21 heavy (non-hydrogen) atoms. The van der Waals surface area contributed by atoms with E-state index in [1.54, 1.807) is 6.07 Å². The van der Waals surface area contributed by atoms with Gasteiger partial charge in [0.25, 0.3) is 0 Å². The highest BCUT2D eigenvalue weighted by atomic mass is 32.2. The van der Waals surface area contributed by atoms with E-state index in [2.05, 4.69) is 12.2 Å². The Morgan fingerprint density at radius 2 is 1.95 bits per heavy atom. The standard InChI is InChI=1S/C15H21NO4S/c1-2-5-16-12-4-3-8-21(17,18)15-10-14-13(9-11(12)15)19-6-7-20-14/h9-10,12,16H,2-8H2,1H3. The van der Waals surface area contributed by atoms with Gasteiger partial charge in [-0.25, -0.2) is 8.42 Å². The van der Waals surface area contributed by atoms with Crippen molar-refractivity contribution in [2.24, 2.45) is 0 Å². The van der Waals surface area contributed by atoms with E-state index in [9.17, 15) is 8.42 Å². The summed E-state index contributed by atoms with van der Waals surface area (Å²) >= 11 is 0. The van der Waals surface area contributed by atoms with Crippen LogP contribution in [0.5, 0.6) is 11.5 Å². The van der Waals surface area contributed by atoms with Gasteiger partial charge in [-0.05, 0) is 37.4 Å². The van der Waals surface area contributed by atoms with Gasteiger partial charge < -0.3 is 14.8 Å². The average molecular weight is 311 g/mol. The van der Waals surface area contributed by atoms with Crippen molar-refractivity contribution in [3.8, 4) is 11.5 Å². The lowest BCUT2D eigenvalue weighted by Gasteiger charge is -2.23. The third kappa shape index (κ3) is 2.87. The van der Waals surface area contributed by atoms with Gasteiger partial charge in [-0.3, -0.25) is 0 Å². The molecule has 0 aliphatic carbocycles. The molecule has 2 aliphatic rings. The van der Waals surface area contributed by atoms with Crippen LogP contribution < -0.4 is 14.8 Å². The summed E-state index contributed by atoms with van der Waals surface area (Å²) in [6, 6.07) is 3.55. The molecule has 2 heterocycles. The van der Waals surface area contributed by atoms with E-state index in [0.29, 0.717) is 36.0 Å². The van der Waals surface area contributed by atoms with Gasteiger partial charge in [0.2, 0.25) is 0 Å². The summed E-state index contributed by atoms with van der Waals surface area (Å²) in [4.78, 5) is 0.401. The number of sulfone groups is 1. The van der Waals surface area contributed by atoms with Crippen LogP contribution in [0.15, 0.2) is 17.0 Å². The van der Waals surface area contributed by atoms with Crippen LogP contribution in [0.4, 0.5) is 0 Å². The Kier molecular flexibility index (Phi) is 4.08. The van der Waals surface area contributed by atoms with E-state index in [4.69, 9.17) is 9.47 Å². The summed E-state index contributed by atoms with van der Waals surface area (Å²) < 4.78 is 36.1. The first kappa shape index (κ1) is 14.7. The Hall–Kier alpha value is -1.27.